The molecule has 4 heterocycles. The van der Waals surface area contributed by atoms with Crippen LogP contribution >= 0.6 is 0 Å². The van der Waals surface area contributed by atoms with Crippen LogP contribution in [0.25, 0.3) is 0 Å². The predicted molar refractivity (Wildman–Crippen MR) is 205 cm³/mol. The van der Waals surface area contributed by atoms with Crippen molar-refractivity contribution in [3.8, 4) is 0 Å². The number of methoxy groups -OCH3 is 1. The minimum absolute atomic E-state index is 0.0861. The Labute approximate surface area is 328 Å². The minimum Gasteiger partial charge on any atom is -0.459 e. The molecule has 4 fully saturated rings. The Balaban J connectivity index is 1.83. The molecule has 0 aromatic carbocycles. The van der Waals surface area contributed by atoms with E-state index in [1.54, 1.807) is 34.6 Å². The Kier molecular flexibility index (Phi) is 15.1. The molecule has 18 atom stereocenters. The second-order valence-corrected chi connectivity index (χ2v) is 17.7. The van der Waals surface area contributed by atoms with Gasteiger partial charge >= 0.3 is 5.97 Å². The number of carbonyl (C=O) groups excluding carboxylic acids is 1. The molecule has 15 heteroatoms. The maximum Gasteiger partial charge on any atom is 0.311 e. The lowest BCUT2D eigenvalue weighted by atomic mass is 9.77. The number of hydrogen-bond donors (Lipinski definition) is 4. The molecule has 0 aliphatic carbocycles. The van der Waals surface area contributed by atoms with E-state index in [0.717, 1.165) is 0 Å². The highest BCUT2D eigenvalue weighted by molar-refractivity contribution is 5.76. The van der Waals surface area contributed by atoms with E-state index in [9.17, 15) is 25.2 Å². The van der Waals surface area contributed by atoms with Gasteiger partial charge in [0.15, 0.2) is 18.7 Å². The standard InChI is InChI=1S/C40H73N3O12/c1-15-28-40(11,48)32(44)25(7)42(12)20-21(3)18-38(9,47)34(55-36-31-27(17-22(4)50-36)43(13)37(54-31)41-16-2)23(5)30(24(6)35(46)52-28)53-29-19-39(10,49-14)33(45)26(8)51-29/h21-34,36,44-45,47-48H,15-20H2,1-14H3/t21-,22-,23+,24-,25-,26+,27+,28-,29+,30+,31-,32-,33+,34-,36-,38-,39-,40-/m1/s1. The number of ether oxygens (including phenoxy) is 7. The van der Waals surface area contributed by atoms with Gasteiger partial charge < -0.3 is 63.4 Å². The summed E-state index contributed by atoms with van der Waals surface area (Å²) in [5, 5.41) is 47.0. The van der Waals surface area contributed by atoms with Crippen molar-refractivity contribution in [3.05, 3.63) is 0 Å². The molecule has 0 saturated carbocycles. The third kappa shape index (κ3) is 9.80. The molecule has 0 aromatic heterocycles. The number of rotatable bonds is 7. The lowest BCUT2D eigenvalue weighted by Crippen LogP contribution is -2.60. The van der Waals surface area contributed by atoms with Crippen LogP contribution in [0, 0.1) is 17.8 Å². The van der Waals surface area contributed by atoms with Crippen molar-refractivity contribution < 1.29 is 58.4 Å². The monoisotopic (exact) mass is 788 g/mol. The molecular weight excluding hydrogens is 714 g/mol. The van der Waals surface area contributed by atoms with Crippen LogP contribution in [0.1, 0.15) is 102 Å². The average molecular weight is 788 g/mol. The number of cyclic esters (lactones) is 1. The first kappa shape index (κ1) is 46.0. The van der Waals surface area contributed by atoms with E-state index in [-0.39, 0.29) is 37.3 Å². The van der Waals surface area contributed by atoms with Gasteiger partial charge in [0.1, 0.15) is 23.9 Å². The molecule has 320 valence electrons. The van der Waals surface area contributed by atoms with E-state index in [1.165, 1.54) is 14.0 Å². The fraction of sp³-hybridized carbons (Fsp3) is 0.950. The van der Waals surface area contributed by atoms with Gasteiger partial charge in [-0.15, -0.1) is 0 Å². The first-order valence-electron chi connectivity index (χ1n) is 20.3. The van der Waals surface area contributed by atoms with Crippen molar-refractivity contribution in [1.29, 1.82) is 0 Å². The van der Waals surface area contributed by atoms with Crippen LogP contribution < -0.4 is 0 Å². The summed E-state index contributed by atoms with van der Waals surface area (Å²) in [6, 6.07) is -0.109. The summed E-state index contributed by atoms with van der Waals surface area (Å²) in [5.41, 5.74) is -4.33. The molecule has 4 aliphatic heterocycles. The first-order valence-corrected chi connectivity index (χ1v) is 20.3. The number of likely N-dealkylation sites (N-methyl/N-ethyl adjacent to an activating group) is 2. The van der Waals surface area contributed by atoms with Gasteiger partial charge in [-0.25, -0.2) is 4.99 Å². The van der Waals surface area contributed by atoms with Gasteiger partial charge in [-0.3, -0.25) is 4.79 Å². The van der Waals surface area contributed by atoms with Gasteiger partial charge in [0, 0.05) is 45.6 Å². The highest BCUT2D eigenvalue weighted by Gasteiger charge is 2.54. The Morgan fingerprint density at radius 2 is 1.58 bits per heavy atom. The molecule has 0 bridgehead atoms. The number of carbonyl (C=O) groups is 1. The summed E-state index contributed by atoms with van der Waals surface area (Å²) in [4.78, 5) is 22.8. The molecule has 4 rings (SSSR count). The third-order valence-electron chi connectivity index (χ3n) is 12.9. The molecule has 0 aromatic rings. The number of amidine groups is 1. The van der Waals surface area contributed by atoms with Gasteiger partial charge in [0.2, 0.25) is 0 Å². The van der Waals surface area contributed by atoms with Crippen LogP contribution in [0.2, 0.25) is 0 Å². The lowest BCUT2D eigenvalue weighted by molar-refractivity contribution is -0.313. The first-order chi connectivity index (χ1) is 25.5. The number of esters is 1. The zero-order valence-corrected chi connectivity index (χ0v) is 35.8. The number of aliphatic hydroxyl groups is 4. The fourth-order valence-electron chi connectivity index (χ4n) is 9.35. The van der Waals surface area contributed by atoms with Crippen LogP contribution in [0.4, 0.5) is 0 Å². The van der Waals surface area contributed by atoms with Crippen molar-refractivity contribution in [3.63, 3.8) is 0 Å². The number of fused-ring (bicyclic) bond motifs is 1. The van der Waals surface area contributed by atoms with Gasteiger partial charge in [0.05, 0.1) is 47.6 Å². The van der Waals surface area contributed by atoms with Crippen LogP contribution in [0.5, 0.6) is 0 Å². The highest BCUT2D eigenvalue weighted by Crippen LogP contribution is 2.41. The average Bonchev–Trinajstić information content (AvgIpc) is 3.42. The molecule has 0 radical (unpaired) electrons. The summed E-state index contributed by atoms with van der Waals surface area (Å²) in [7, 11) is 5.33. The highest BCUT2D eigenvalue weighted by atomic mass is 16.7. The summed E-state index contributed by atoms with van der Waals surface area (Å²) in [6.45, 7) is 20.8. The topological polar surface area (TPSA) is 181 Å². The molecule has 0 amide bonds. The summed E-state index contributed by atoms with van der Waals surface area (Å²) < 4.78 is 44.7. The van der Waals surface area contributed by atoms with E-state index < -0.39 is 96.0 Å². The quantitative estimate of drug-likeness (QED) is 0.277. The van der Waals surface area contributed by atoms with Crippen molar-refractivity contribution in [1.82, 2.24) is 9.80 Å². The lowest BCUT2D eigenvalue weighted by Gasteiger charge is -2.48. The van der Waals surface area contributed by atoms with Gasteiger partial charge in [0.25, 0.3) is 6.02 Å². The van der Waals surface area contributed by atoms with Gasteiger partial charge in [-0.05, 0) is 87.6 Å². The summed E-state index contributed by atoms with van der Waals surface area (Å²) in [6.07, 6.45) is -7.14. The smallest absolute Gasteiger partial charge is 0.311 e. The largest absolute Gasteiger partial charge is 0.459 e. The molecule has 4 saturated heterocycles. The van der Waals surface area contributed by atoms with Crippen LogP contribution in [0.3, 0.4) is 0 Å². The number of aliphatic hydroxyl groups excluding tert-OH is 2. The van der Waals surface area contributed by atoms with Crippen LogP contribution in [-0.2, 0) is 38.0 Å². The zero-order valence-electron chi connectivity index (χ0n) is 35.8. The summed E-state index contributed by atoms with van der Waals surface area (Å²) in [5.74, 6) is -2.49. The molecule has 55 heavy (non-hydrogen) atoms. The van der Waals surface area contributed by atoms with E-state index in [0.29, 0.717) is 25.5 Å². The van der Waals surface area contributed by atoms with Crippen molar-refractivity contribution in [2.24, 2.45) is 22.7 Å². The molecule has 0 unspecified atom stereocenters. The second kappa shape index (κ2) is 18.1. The fourth-order valence-corrected chi connectivity index (χ4v) is 9.35. The maximum atomic E-state index is 14.3. The minimum atomic E-state index is -1.79. The van der Waals surface area contributed by atoms with E-state index >= 15 is 0 Å². The van der Waals surface area contributed by atoms with Crippen LogP contribution in [0.15, 0.2) is 4.99 Å². The third-order valence-corrected chi connectivity index (χ3v) is 12.9. The van der Waals surface area contributed by atoms with E-state index in [2.05, 4.69) is 4.99 Å². The molecular formula is C40H73N3O12. The maximum absolute atomic E-state index is 14.3. The van der Waals surface area contributed by atoms with E-state index in [1.807, 2.05) is 58.5 Å². The summed E-state index contributed by atoms with van der Waals surface area (Å²) >= 11 is 0. The molecule has 0 spiro atoms. The molecule has 4 aliphatic rings. The van der Waals surface area contributed by atoms with Crippen molar-refractivity contribution >= 4 is 12.0 Å². The SMILES string of the molecule is CCN=C1O[C@H]2[C@@H](O[C@@H]3[C@@H](C)[C@H](O[C@H]4C[C@@](C)(OC)[C@@H](O)[C@H](C)O4)[C@@H](C)C(=O)O[C@H](CC)[C@@](C)(O)[C@H](O)[C@@H](C)N(C)C[C@H](C)C[C@@]3(C)O)O[C@H](C)C[C@@H]2N1C. The zero-order chi connectivity index (χ0) is 41.4. The Morgan fingerprint density at radius 3 is 2.18 bits per heavy atom. The Morgan fingerprint density at radius 1 is 0.927 bits per heavy atom. The normalized spacial score (nSPS) is 49.1. The number of aliphatic imine (C=N–C) groups is 1. The predicted octanol–water partition coefficient (Wildman–Crippen LogP) is 2.68. The number of nitrogens with zero attached hydrogens (tertiary/aromatic N) is 3. The molecule has 15 nitrogen and oxygen atoms in total. The Bertz CT molecular complexity index is 1300. The Hall–Kier alpha value is -1.66. The molecule has 4 N–H and O–H groups in total. The van der Waals surface area contributed by atoms with Crippen molar-refractivity contribution in [2.75, 3.05) is 34.3 Å². The van der Waals surface area contributed by atoms with Crippen LogP contribution in [-0.4, -0.2) is 167 Å². The second-order valence-electron chi connectivity index (χ2n) is 17.7. The van der Waals surface area contributed by atoms with E-state index in [4.69, 9.17) is 33.2 Å². The van der Waals surface area contributed by atoms with Crippen molar-refractivity contribution in [2.45, 2.75) is 192 Å². The number of hydrogen-bond acceptors (Lipinski definition) is 14. The van der Waals surface area contributed by atoms with Gasteiger partial charge in [-0.1, -0.05) is 20.8 Å². The van der Waals surface area contributed by atoms with Gasteiger partial charge in [-0.2, -0.15) is 0 Å².